The van der Waals surface area contributed by atoms with Gasteiger partial charge >= 0.3 is 0 Å². The summed E-state index contributed by atoms with van der Waals surface area (Å²) in [7, 11) is 1.79. The van der Waals surface area contributed by atoms with Crippen molar-refractivity contribution in [3.63, 3.8) is 0 Å². The second-order valence-corrected chi connectivity index (χ2v) is 6.16. The minimum Gasteiger partial charge on any atom is -0.320 e. The lowest BCUT2D eigenvalue weighted by molar-refractivity contribution is -0.117. The van der Waals surface area contributed by atoms with Crippen molar-refractivity contribution in [2.75, 3.05) is 5.32 Å². The van der Waals surface area contributed by atoms with Gasteiger partial charge in [-0.15, -0.1) is 0 Å². The largest absolute Gasteiger partial charge is 0.320 e. The zero-order valence-electron chi connectivity index (χ0n) is 14.0. The third-order valence-electron chi connectivity index (χ3n) is 3.86. The van der Waals surface area contributed by atoms with E-state index in [4.69, 9.17) is 5.73 Å². The Hall–Kier alpha value is -2.34. The molecule has 0 saturated carbocycles. The van der Waals surface area contributed by atoms with Crippen molar-refractivity contribution in [3.05, 3.63) is 46.4 Å². The number of aromatic nitrogens is 2. The van der Waals surface area contributed by atoms with Gasteiger partial charge in [-0.25, -0.2) is 4.68 Å². The molecule has 0 bridgehead atoms. The minimum absolute atomic E-state index is 0.263. The molecule has 0 unspecified atom stereocenters. The van der Waals surface area contributed by atoms with Gasteiger partial charge in [-0.1, -0.05) is 32.0 Å². The second-order valence-electron chi connectivity index (χ2n) is 6.16. The zero-order chi connectivity index (χ0) is 17.1. The molecule has 0 aliphatic carbocycles. The van der Waals surface area contributed by atoms with Gasteiger partial charge in [0.2, 0.25) is 5.91 Å². The van der Waals surface area contributed by atoms with Gasteiger partial charge in [0.15, 0.2) is 0 Å². The van der Waals surface area contributed by atoms with E-state index in [0.29, 0.717) is 18.0 Å². The summed E-state index contributed by atoms with van der Waals surface area (Å²) in [5, 5.41) is 2.70. The average Bonchev–Trinajstić information content (AvgIpc) is 2.71. The minimum atomic E-state index is -0.626. The highest BCUT2D eigenvalue weighted by Gasteiger charge is 2.21. The Bertz CT molecular complexity index is 744. The number of carbonyl (C=O) groups is 1. The third kappa shape index (κ3) is 3.53. The molecule has 0 fully saturated rings. The van der Waals surface area contributed by atoms with Crippen molar-refractivity contribution in [1.82, 2.24) is 9.36 Å². The Kier molecular flexibility index (Phi) is 5.05. The van der Waals surface area contributed by atoms with E-state index in [1.165, 1.54) is 4.68 Å². The van der Waals surface area contributed by atoms with E-state index < -0.39 is 6.04 Å². The number of amides is 1. The fourth-order valence-corrected chi connectivity index (χ4v) is 2.54. The van der Waals surface area contributed by atoms with Crippen molar-refractivity contribution in [3.8, 4) is 5.69 Å². The van der Waals surface area contributed by atoms with Gasteiger partial charge in [0, 0.05) is 7.05 Å². The van der Waals surface area contributed by atoms with E-state index in [0.717, 1.165) is 5.69 Å². The number of rotatable bonds is 5. The molecule has 1 heterocycles. The number of hydrogen-bond acceptors (Lipinski definition) is 3. The SMILES string of the molecule is Cc1c(NC(=O)[C@@H](N)CC(C)C)c(=O)n(-c2ccccc2)n1C. The highest BCUT2D eigenvalue weighted by atomic mass is 16.2. The molecule has 0 spiro atoms. The van der Waals surface area contributed by atoms with Crippen LogP contribution >= 0.6 is 0 Å². The maximum absolute atomic E-state index is 12.7. The smallest absolute Gasteiger partial charge is 0.295 e. The van der Waals surface area contributed by atoms with Crippen LogP contribution in [0.25, 0.3) is 5.69 Å². The summed E-state index contributed by atoms with van der Waals surface area (Å²) in [6.45, 7) is 5.80. The molecule has 23 heavy (non-hydrogen) atoms. The van der Waals surface area contributed by atoms with Gasteiger partial charge in [-0.2, -0.15) is 0 Å². The molecule has 1 amide bonds. The second kappa shape index (κ2) is 6.83. The standard InChI is InChI=1S/C17H24N4O2/c1-11(2)10-14(18)16(22)19-15-12(3)20(4)21(17(15)23)13-8-6-5-7-9-13/h5-9,11,14H,10,18H2,1-4H3,(H,19,22)/t14-/m0/s1. The molecule has 6 nitrogen and oxygen atoms in total. The maximum atomic E-state index is 12.7. The lowest BCUT2D eigenvalue weighted by atomic mass is 10.0. The summed E-state index contributed by atoms with van der Waals surface area (Å²) in [5.74, 6) is -0.0155. The quantitative estimate of drug-likeness (QED) is 0.882. The van der Waals surface area contributed by atoms with Crippen molar-refractivity contribution >= 4 is 11.6 Å². The normalized spacial score (nSPS) is 12.4. The summed E-state index contributed by atoms with van der Waals surface area (Å²) in [6.07, 6.45) is 0.574. The number of nitrogens with two attached hydrogens (primary N) is 1. The molecule has 0 saturated heterocycles. The van der Waals surface area contributed by atoms with Crippen molar-refractivity contribution in [1.29, 1.82) is 0 Å². The molecule has 1 aromatic carbocycles. The average molecular weight is 316 g/mol. The van der Waals surface area contributed by atoms with Gasteiger partial charge in [0.25, 0.3) is 5.56 Å². The van der Waals surface area contributed by atoms with E-state index in [1.54, 1.807) is 18.7 Å². The van der Waals surface area contributed by atoms with E-state index >= 15 is 0 Å². The first-order chi connectivity index (χ1) is 10.8. The Morgan fingerprint density at radius 3 is 2.43 bits per heavy atom. The maximum Gasteiger partial charge on any atom is 0.295 e. The van der Waals surface area contributed by atoms with Crippen LogP contribution in [0.3, 0.4) is 0 Å². The van der Waals surface area contributed by atoms with Gasteiger partial charge < -0.3 is 11.1 Å². The first-order valence-electron chi connectivity index (χ1n) is 7.73. The summed E-state index contributed by atoms with van der Waals surface area (Å²) < 4.78 is 3.25. The van der Waals surface area contributed by atoms with E-state index in [-0.39, 0.29) is 17.2 Å². The number of anilines is 1. The monoisotopic (exact) mass is 316 g/mol. The molecule has 0 aliphatic heterocycles. The first kappa shape index (κ1) is 17.0. The van der Waals surface area contributed by atoms with Crippen LogP contribution in [0.15, 0.2) is 35.1 Å². The first-order valence-corrected chi connectivity index (χ1v) is 7.73. The zero-order valence-corrected chi connectivity index (χ0v) is 14.0. The Morgan fingerprint density at radius 1 is 1.26 bits per heavy atom. The van der Waals surface area contributed by atoms with Crippen molar-refractivity contribution in [2.24, 2.45) is 18.7 Å². The highest BCUT2D eigenvalue weighted by molar-refractivity contribution is 5.95. The van der Waals surface area contributed by atoms with E-state index in [1.807, 2.05) is 44.2 Å². The van der Waals surface area contributed by atoms with Gasteiger partial charge in [0.1, 0.15) is 5.69 Å². The number of nitrogens with one attached hydrogen (secondary N) is 1. The van der Waals surface area contributed by atoms with Gasteiger partial charge in [-0.05, 0) is 31.4 Å². The molecule has 2 aromatic rings. The molecule has 6 heteroatoms. The Labute approximate surface area is 135 Å². The van der Waals surface area contributed by atoms with Crippen molar-refractivity contribution < 1.29 is 4.79 Å². The lowest BCUT2D eigenvalue weighted by Crippen LogP contribution is -2.37. The molecule has 1 aromatic heterocycles. The number of benzene rings is 1. The molecule has 0 aliphatic rings. The summed E-state index contributed by atoms with van der Waals surface area (Å²) >= 11 is 0. The number of hydrogen-bond donors (Lipinski definition) is 2. The molecule has 1 atom stereocenters. The lowest BCUT2D eigenvalue weighted by Gasteiger charge is -2.13. The van der Waals surface area contributed by atoms with E-state index in [2.05, 4.69) is 5.32 Å². The van der Waals surface area contributed by atoms with Crippen LogP contribution in [0.5, 0.6) is 0 Å². The highest BCUT2D eigenvalue weighted by Crippen LogP contribution is 2.14. The van der Waals surface area contributed by atoms with Crippen LogP contribution < -0.4 is 16.6 Å². The van der Waals surface area contributed by atoms with Crippen LogP contribution in [0.1, 0.15) is 26.0 Å². The number of nitrogens with zero attached hydrogens (tertiary/aromatic N) is 2. The molecular weight excluding hydrogens is 292 g/mol. The summed E-state index contributed by atoms with van der Waals surface area (Å²) in [4.78, 5) is 24.9. The van der Waals surface area contributed by atoms with Crippen molar-refractivity contribution in [2.45, 2.75) is 33.2 Å². The van der Waals surface area contributed by atoms with Crippen LogP contribution in [0.4, 0.5) is 5.69 Å². The molecule has 0 radical (unpaired) electrons. The predicted molar refractivity (Wildman–Crippen MR) is 91.8 cm³/mol. The molecule has 2 rings (SSSR count). The topological polar surface area (TPSA) is 82.1 Å². The Morgan fingerprint density at radius 2 is 1.87 bits per heavy atom. The fourth-order valence-electron chi connectivity index (χ4n) is 2.54. The van der Waals surface area contributed by atoms with Gasteiger partial charge in [0.05, 0.1) is 17.4 Å². The van der Waals surface area contributed by atoms with E-state index in [9.17, 15) is 9.59 Å². The molecule has 3 N–H and O–H groups in total. The van der Waals surface area contributed by atoms with Crippen LogP contribution in [0.2, 0.25) is 0 Å². The van der Waals surface area contributed by atoms with Crippen LogP contribution in [0, 0.1) is 12.8 Å². The Balaban J connectivity index is 2.35. The van der Waals surface area contributed by atoms with Crippen LogP contribution in [-0.2, 0) is 11.8 Å². The van der Waals surface area contributed by atoms with Crippen LogP contribution in [-0.4, -0.2) is 21.3 Å². The number of para-hydroxylation sites is 1. The summed E-state index contributed by atoms with van der Waals surface area (Å²) in [5.41, 5.74) is 7.34. The molecular formula is C17H24N4O2. The fraction of sp³-hybridized carbons (Fsp3) is 0.412. The number of carbonyl (C=O) groups excluding carboxylic acids is 1. The predicted octanol–water partition coefficient (Wildman–Crippen LogP) is 1.80. The molecule has 124 valence electrons. The third-order valence-corrected chi connectivity index (χ3v) is 3.86. The summed E-state index contributed by atoms with van der Waals surface area (Å²) in [6, 6.07) is 8.67. The van der Waals surface area contributed by atoms with Gasteiger partial charge in [-0.3, -0.25) is 14.3 Å².